The standard InChI is InChI=1S/C22H32N2O2/c23-15-13-19-5-9-21(10-6-19)25-17-3-1-2-4-18-26-22-11-7-20(8-12-22)14-16-24/h5-12H,1-4,13-18,23-24H2. The number of rotatable bonds is 13. The number of hydrogen-bond donors (Lipinski definition) is 2. The summed E-state index contributed by atoms with van der Waals surface area (Å²) in [5.74, 6) is 1.87. The van der Waals surface area contributed by atoms with E-state index in [2.05, 4.69) is 24.3 Å². The molecule has 26 heavy (non-hydrogen) atoms. The molecule has 0 unspecified atom stereocenters. The smallest absolute Gasteiger partial charge is 0.119 e. The minimum absolute atomic E-state index is 0.684. The molecule has 2 aromatic rings. The Balaban J connectivity index is 1.49. The van der Waals surface area contributed by atoms with Gasteiger partial charge in [-0.2, -0.15) is 0 Å². The fourth-order valence-corrected chi connectivity index (χ4v) is 2.78. The molecule has 4 N–H and O–H groups in total. The van der Waals surface area contributed by atoms with Gasteiger partial charge in [0.05, 0.1) is 13.2 Å². The van der Waals surface area contributed by atoms with Crippen molar-refractivity contribution in [3.63, 3.8) is 0 Å². The maximum absolute atomic E-state index is 5.77. The van der Waals surface area contributed by atoms with Gasteiger partial charge in [0.15, 0.2) is 0 Å². The van der Waals surface area contributed by atoms with Crippen LogP contribution in [0.25, 0.3) is 0 Å². The fraction of sp³-hybridized carbons (Fsp3) is 0.455. The van der Waals surface area contributed by atoms with Gasteiger partial charge < -0.3 is 20.9 Å². The molecule has 0 fully saturated rings. The molecule has 0 saturated heterocycles. The fourth-order valence-electron chi connectivity index (χ4n) is 2.78. The summed E-state index contributed by atoms with van der Waals surface area (Å²) in [7, 11) is 0. The third-order valence-electron chi connectivity index (χ3n) is 4.29. The summed E-state index contributed by atoms with van der Waals surface area (Å²) in [6, 6.07) is 16.4. The zero-order valence-electron chi connectivity index (χ0n) is 15.7. The van der Waals surface area contributed by atoms with E-state index in [0.717, 1.165) is 63.2 Å². The third kappa shape index (κ3) is 7.89. The molecule has 0 amide bonds. The lowest BCUT2D eigenvalue weighted by atomic mass is 10.1. The van der Waals surface area contributed by atoms with E-state index < -0.39 is 0 Å². The summed E-state index contributed by atoms with van der Waals surface area (Å²) in [5, 5.41) is 0. The van der Waals surface area contributed by atoms with Crippen molar-refractivity contribution in [1.82, 2.24) is 0 Å². The van der Waals surface area contributed by atoms with Crippen molar-refractivity contribution >= 4 is 0 Å². The summed E-state index contributed by atoms with van der Waals surface area (Å²) in [6.07, 6.45) is 6.28. The average molecular weight is 357 g/mol. The van der Waals surface area contributed by atoms with E-state index in [1.165, 1.54) is 11.1 Å². The summed E-state index contributed by atoms with van der Waals surface area (Å²) in [4.78, 5) is 0. The summed E-state index contributed by atoms with van der Waals surface area (Å²) in [5.41, 5.74) is 13.6. The molecule has 0 heterocycles. The Morgan fingerprint density at radius 2 is 0.923 bits per heavy atom. The van der Waals surface area contributed by atoms with Gasteiger partial charge in [-0.1, -0.05) is 24.3 Å². The molecule has 0 atom stereocenters. The molecule has 0 bridgehead atoms. The van der Waals surface area contributed by atoms with E-state index in [1.54, 1.807) is 0 Å². The van der Waals surface area contributed by atoms with Crippen molar-refractivity contribution in [2.24, 2.45) is 11.5 Å². The molecule has 0 aliphatic heterocycles. The molecule has 0 aromatic heterocycles. The first-order valence-corrected chi connectivity index (χ1v) is 9.65. The van der Waals surface area contributed by atoms with Crippen LogP contribution in [0.4, 0.5) is 0 Å². The van der Waals surface area contributed by atoms with E-state index >= 15 is 0 Å². The normalized spacial score (nSPS) is 10.7. The van der Waals surface area contributed by atoms with Crippen LogP contribution in [0.1, 0.15) is 36.8 Å². The Kier molecular flexibility index (Phi) is 9.62. The quantitative estimate of drug-likeness (QED) is 0.537. The number of unbranched alkanes of at least 4 members (excludes halogenated alkanes) is 3. The first-order chi connectivity index (χ1) is 12.8. The maximum atomic E-state index is 5.77. The molecule has 2 aromatic carbocycles. The molecule has 0 saturated carbocycles. The molecule has 0 radical (unpaired) electrons. The Labute approximate surface area is 157 Å². The van der Waals surface area contributed by atoms with Crippen LogP contribution in [0.15, 0.2) is 48.5 Å². The third-order valence-corrected chi connectivity index (χ3v) is 4.29. The largest absolute Gasteiger partial charge is 0.494 e. The average Bonchev–Trinajstić information content (AvgIpc) is 2.67. The van der Waals surface area contributed by atoms with Crippen LogP contribution in [0.5, 0.6) is 11.5 Å². The highest BCUT2D eigenvalue weighted by atomic mass is 16.5. The molecule has 2 rings (SSSR count). The van der Waals surface area contributed by atoms with Gasteiger partial charge in [0.2, 0.25) is 0 Å². The van der Waals surface area contributed by atoms with Gasteiger partial charge in [-0.3, -0.25) is 0 Å². The molecule has 0 aliphatic carbocycles. The van der Waals surface area contributed by atoms with E-state index in [9.17, 15) is 0 Å². The highest BCUT2D eigenvalue weighted by molar-refractivity contribution is 5.28. The minimum atomic E-state index is 0.684. The lowest BCUT2D eigenvalue weighted by Gasteiger charge is -2.08. The van der Waals surface area contributed by atoms with Gasteiger partial charge in [-0.25, -0.2) is 0 Å². The van der Waals surface area contributed by atoms with Gasteiger partial charge >= 0.3 is 0 Å². The summed E-state index contributed by atoms with van der Waals surface area (Å²) in [6.45, 7) is 2.90. The first-order valence-electron chi connectivity index (χ1n) is 9.65. The number of ether oxygens (including phenoxy) is 2. The molecular weight excluding hydrogens is 324 g/mol. The van der Waals surface area contributed by atoms with Gasteiger partial charge in [-0.05, 0) is 87.0 Å². The van der Waals surface area contributed by atoms with Crippen molar-refractivity contribution in [2.75, 3.05) is 26.3 Å². The van der Waals surface area contributed by atoms with Crippen molar-refractivity contribution in [3.05, 3.63) is 59.7 Å². The van der Waals surface area contributed by atoms with Gasteiger partial charge in [0, 0.05) is 0 Å². The molecular formula is C22H32N2O2. The van der Waals surface area contributed by atoms with Gasteiger partial charge in [0.25, 0.3) is 0 Å². The summed E-state index contributed by atoms with van der Waals surface area (Å²) < 4.78 is 11.5. The van der Waals surface area contributed by atoms with Crippen LogP contribution < -0.4 is 20.9 Å². The second kappa shape index (κ2) is 12.3. The highest BCUT2D eigenvalue weighted by Gasteiger charge is 1.98. The monoisotopic (exact) mass is 356 g/mol. The first kappa shape index (κ1) is 20.3. The predicted molar refractivity (Wildman–Crippen MR) is 108 cm³/mol. The highest BCUT2D eigenvalue weighted by Crippen LogP contribution is 2.14. The zero-order valence-corrected chi connectivity index (χ0v) is 15.7. The zero-order chi connectivity index (χ0) is 18.5. The van der Waals surface area contributed by atoms with Gasteiger partial charge in [-0.15, -0.1) is 0 Å². The van der Waals surface area contributed by atoms with Crippen LogP contribution in [-0.2, 0) is 12.8 Å². The van der Waals surface area contributed by atoms with Crippen LogP contribution in [0.2, 0.25) is 0 Å². The Bertz CT molecular complexity index is 541. The minimum Gasteiger partial charge on any atom is -0.494 e. The Morgan fingerprint density at radius 3 is 1.27 bits per heavy atom. The van der Waals surface area contributed by atoms with E-state index in [1.807, 2.05) is 24.3 Å². The van der Waals surface area contributed by atoms with Crippen molar-refractivity contribution in [2.45, 2.75) is 38.5 Å². The second-order valence-corrected chi connectivity index (χ2v) is 6.48. The maximum Gasteiger partial charge on any atom is 0.119 e. The van der Waals surface area contributed by atoms with Crippen LogP contribution in [-0.4, -0.2) is 26.3 Å². The number of nitrogens with two attached hydrogens (primary N) is 2. The summed E-state index contributed by atoms with van der Waals surface area (Å²) >= 11 is 0. The van der Waals surface area contributed by atoms with Crippen LogP contribution in [0.3, 0.4) is 0 Å². The number of hydrogen-bond acceptors (Lipinski definition) is 4. The second-order valence-electron chi connectivity index (χ2n) is 6.48. The van der Waals surface area contributed by atoms with Crippen molar-refractivity contribution in [3.8, 4) is 11.5 Å². The van der Waals surface area contributed by atoms with E-state index in [4.69, 9.17) is 20.9 Å². The van der Waals surface area contributed by atoms with Crippen LogP contribution >= 0.6 is 0 Å². The van der Waals surface area contributed by atoms with Gasteiger partial charge in [0.1, 0.15) is 11.5 Å². The van der Waals surface area contributed by atoms with Crippen molar-refractivity contribution in [1.29, 1.82) is 0 Å². The molecule has 0 aliphatic rings. The lowest BCUT2D eigenvalue weighted by molar-refractivity contribution is 0.287. The Morgan fingerprint density at radius 1 is 0.538 bits per heavy atom. The van der Waals surface area contributed by atoms with E-state index in [0.29, 0.717) is 13.1 Å². The van der Waals surface area contributed by atoms with E-state index in [-0.39, 0.29) is 0 Å². The number of benzene rings is 2. The predicted octanol–water partition coefficient (Wildman–Crippen LogP) is 3.71. The molecule has 4 heteroatoms. The molecule has 0 spiro atoms. The SMILES string of the molecule is NCCc1ccc(OCCCCCCOc2ccc(CCN)cc2)cc1. The topological polar surface area (TPSA) is 70.5 Å². The Hall–Kier alpha value is -2.04. The van der Waals surface area contributed by atoms with Crippen molar-refractivity contribution < 1.29 is 9.47 Å². The molecule has 4 nitrogen and oxygen atoms in total. The van der Waals surface area contributed by atoms with Crippen LogP contribution in [0, 0.1) is 0 Å². The molecule has 142 valence electrons. The lowest BCUT2D eigenvalue weighted by Crippen LogP contribution is -2.03.